The van der Waals surface area contributed by atoms with E-state index in [0.717, 1.165) is 27.4 Å². The summed E-state index contributed by atoms with van der Waals surface area (Å²) >= 11 is 1.67. The summed E-state index contributed by atoms with van der Waals surface area (Å²) in [5.41, 5.74) is 9.23. The predicted octanol–water partition coefficient (Wildman–Crippen LogP) is 0.759. The Morgan fingerprint density at radius 1 is 1.43 bits per heavy atom. The summed E-state index contributed by atoms with van der Waals surface area (Å²) < 4.78 is 12.4. The van der Waals surface area contributed by atoms with Gasteiger partial charge in [0.1, 0.15) is 6.67 Å². The van der Waals surface area contributed by atoms with E-state index in [-0.39, 0.29) is 0 Å². The molecule has 2 aromatic rings. The maximum absolute atomic E-state index is 12.4. The Labute approximate surface area is 138 Å². The van der Waals surface area contributed by atoms with Crippen molar-refractivity contribution < 1.29 is 9.50 Å². The van der Waals surface area contributed by atoms with Gasteiger partial charge < -0.3 is 10.8 Å². The standard InChI is InChI=1S/C17H20FN3OS/c1-21(10-12(22)7-18)9-11-2-3-13-15(6-11)20-8-16-14(17(13)19)4-5-23-16/h2-6,12,22H,7-10,19H2,1H3. The molecule has 1 atom stereocenters. The van der Waals surface area contributed by atoms with Crippen molar-refractivity contribution in [2.45, 2.75) is 19.2 Å². The van der Waals surface area contributed by atoms with E-state index in [1.165, 1.54) is 4.88 Å². The van der Waals surface area contributed by atoms with Crippen LogP contribution in [0.3, 0.4) is 0 Å². The van der Waals surface area contributed by atoms with E-state index in [0.29, 0.717) is 19.6 Å². The van der Waals surface area contributed by atoms with Gasteiger partial charge >= 0.3 is 0 Å². The third-order valence-electron chi connectivity index (χ3n) is 3.93. The Morgan fingerprint density at radius 2 is 2.26 bits per heavy atom. The van der Waals surface area contributed by atoms with Crippen molar-refractivity contribution in [3.05, 3.63) is 56.2 Å². The van der Waals surface area contributed by atoms with Gasteiger partial charge in [-0.15, -0.1) is 11.3 Å². The highest BCUT2D eigenvalue weighted by atomic mass is 32.1. The molecule has 0 fully saturated rings. The highest BCUT2D eigenvalue weighted by Gasteiger charge is 2.12. The monoisotopic (exact) mass is 333 g/mol. The van der Waals surface area contributed by atoms with Crippen molar-refractivity contribution in [1.29, 1.82) is 0 Å². The van der Waals surface area contributed by atoms with Crippen molar-refractivity contribution in [1.82, 2.24) is 4.90 Å². The van der Waals surface area contributed by atoms with Gasteiger partial charge in [0, 0.05) is 34.4 Å². The third-order valence-corrected chi connectivity index (χ3v) is 4.84. The molecule has 0 bridgehead atoms. The maximum Gasteiger partial charge on any atom is 0.117 e. The first-order valence-corrected chi connectivity index (χ1v) is 8.39. The number of rotatable bonds is 5. The Balaban J connectivity index is 1.90. The minimum atomic E-state index is -0.939. The maximum atomic E-state index is 12.4. The number of nitrogens with zero attached hydrogens (tertiary/aromatic N) is 2. The van der Waals surface area contributed by atoms with Crippen LogP contribution in [0.4, 0.5) is 4.39 Å². The zero-order valence-corrected chi connectivity index (χ0v) is 13.8. The van der Waals surface area contributed by atoms with Gasteiger partial charge in [-0.1, -0.05) is 12.1 Å². The summed E-state index contributed by atoms with van der Waals surface area (Å²) in [7, 11) is 1.86. The number of benzene rings is 1. The van der Waals surface area contributed by atoms with E-state index in [9.17, 15) is 9.50 Å². The van der Waals surface area contributed by atoms with Crippen LogP contribution in [-0.2, 0) is 13.1 Å². The molecule has 6 heteroatoms. The van der Waals surface area contributed by atoms with Crippen LogP contribution in [0.15, 0.2) is 34.6 Å². The quantitative estimate of drug-likeness (QED) is 0.849. The minimum Gasteiger partial charge on any atom is -0.398 e. The highest BCUT2D eigenvalue weighted by Crippen LogP contribution is 2.21. The molecule has 0 spiro atoms. The molecular formula is C17H20FN3OS. The first-order chi connectivity index (χ1) is 11.1. The lowest BCUT2D eigenvalue weighted by Crippen LogP contribution is -2.32. The van der Waals surface area contributed by atoms with Crippen LogP contribution in [0.2, 0.25) is 0 Å². The largest absolute Gasteiger partial charge is 0.398 e. The van der Waals surface area contributed by atoms with E-state index in [1.54, 1.807) is 11.3 Å². The van der Waals surface area contributed by atoms with E-state index in [4.69, 9.17) is 5.73 Å². The molecule has 1 aromatic carbocycles. The molecule has 23 heavy (non-hydrogen) atoms. The van der Waals surface area contributed by atoms with Crippen LogP contribution in [0.5, 0.6) is 0 Å². The number of thiophene rings is 1. The molecule has 2 heterocycles. The molecular weight excluding hydrogens is 313 g/mol. The van der Waals surface area contributed by atoms with Crippen molar-refractivity contribution in [2.24, 2.45) is 10.7 Å². The molecule has 122 valence electrons. The zero-order valence-electron chi connectivity index (χ0n) is 13.0. The lowest BCUT2D eigenvalue weighted by molar-refractivity contribution is 0.0977. The van der Waals surface area contributed by atoms with Gasteiger partial charge in [-0.05, 0) is 30.1 Å². The van der Waals surface area contributed by atoms with Gasteiger partial charge in [-0.25, -0.2) is 4.39 Å². The summed E-state index contributed by atoms with van der Waals surface area (Å²) in [5, 5.41) is 13.3. The Hall–Kier alpha value is -1.76. The van der Waals surface area contributed by atoms with Crippen LogP contribution in [0.25, 0.3) is 5.70 Å². The first-order valence-electron chi connectivity index (χ1n) is 7.51. The van der Waals surface area contributed by atoms with E-state index < -0.39 is 12.8 Å². The van der Waals surface area contributed by atoms with Gasteiger partial charge in [0.25, 0.3) is 0 Å². The normalized spacial score (nSPS) is 14.9. The van der Waals surface area contributed by atoms with Crippen molar-refractivity contribution in [2.75, 3.05) is 20.3 Å². The third kappa shape index (κ3) is 3.44. The molecule has 1 aliphatic heterocycles. The summed E-state index contributed by atoms with van der Waals surface area (Å²) in [4.78, 5) is 7.76. The second kappa shape index (κ2) is 6.78. The number of hydrogen-bond donors (Lipinski definition) is 2. The second-order valence-electron chi connectivity index (χ2n) is 5.84. The number of aliphatic hydroxyl groups excluding tert-OH is 1. The van der Waals surface area contributed by atoms with E-state index >= 15 is 0 Å². The molecule has 1 aromatic heterocycles. The Morgan fingerprint density at radius 3 is 3.04 bits per heavy atom. The Bertz CT molecular complexity index is 817. The number of fused-ring (bicyclic) bond motifs is 2. The van der Waals surface area contributed by atoms with Gasteiger partial charge in [0.2, 0.25) is 0 Å². The van der Waals surface area contributed by atoms with Gasteiger partial charge in [0.05, 0.1) is 18.0 Å². The predicted molar refractivity (Wildman–Crippen MR) is 90.3 cm³/mol. The number of hydrogen-bond acceptors (Lipinski definition) is 5. The summed E-state index contributed by atoms with van der Waals surface area (Å²) in [6.07, 6.45) is -0.939. The van der Waals surface area contributed by atoms with Crippen molar-refractivity contribution in [3.63, 3.8) is 0 Å². The molecule has 3 rings (SSSR count). The summed E-state index contributed by atoms with van der Waals surface area (Å²) in [6, 6.07) is 8.07. The average molecular weight is 333 g/mol. The van der Waals surface area contributed by atoms with E-state index in [1.807, 2.05) is 41.6 Å². The number of nitrogens with two attached hydrogens (primary N) is 1. The summed E-state index contributed by atoms with van der Waals surface area (Å²) in [5.74, 6) is 0. The molecule has 3 N–H and O–H groups in total. The molecule has 1 aliphatic rings. The van der Waals surface area contributed by atoms with Crippen LogP contribution in [-0.4, -0.2) is 36.4 Å². The minimum absolute atomic E-state index is 0.302. The average Bonchev–Trinajstić information content (AvgIpc) is 2.96. The molecule has 0 aliphatic carbocycles. The topological polar surface area (TPSA) is 61.8 Å². The van der Waals surface area contributed by atoms with Crippen LogP contribution in [0, 0.1) is 0 Å². The number of likely N-dealkylation sites (N-methyl/N-ethyl adjacent to an activating group) is 1. The number of halogens is 1. The fraction of sp³-hybridized carbons (Fsp3) is 0.353. The van der Waals surface area contributed by atoms with E-state index in [2.05, 4.69) is 4.99 Å². The first kappa shape index (κ1) is 16.1. The second-order valence-corrected chi connectivity index (χ2v) is 6.84. The molecule has 1 unspecified atom stereocenters. The fourth-order valence-corrected chi connectivity index (χ4v) is 3.64. The lowest BCUT2D eigenvalue weighted by atomic mass is 10.1. The molecule has 0 amide bonds. The highest BCUT2D eigenvalue weighted by molar-refractivity contribution is 7.10. The smallest absolute Gasteiger partial charge is 0.117 e. The van der Waals surface area contributed by atoms with Gasteiger partial charge in [-0.3, -0.25) is 9.89 Å². The Kier molecular flexibility index (Phi) is 4.75. The van der Waals surface area contributed by atoms with Crippen molar-refractivity contribution in [3.8, 4) is 0 Å². The van der Waals surface area contributed by atoms with Crippen LogP contribution in [0.1, 0.15) is 16.0 Å². The molecule has 0 saturated heterocycles. The fourth-order valence-electron chi connectivity index (χ4n) is 2.82. The summed E-state index contributed by atoms with van der Waals surface area (Å²) in [6.45, 7) is 0.843. The lowest BCUT2D eigenvalue weighted by Gasteiger charge is -2.18. The van der Waals surface area contributed by atoms with Crippen molar-refractivity contribution >= 4 is 17.0 Å². The SMILES string of the molecule is CN(Cc1ccc2c(c1)=NCc1sccc1C=2N)CC(O)CF. The van der Waals surface area contributed by atoms with Crippen LogP contribution >= 0.6 is 11.3 Å². The van der Waals surface area contributed by atoms with Crippen LogP contribution < -0.4 is 16.3 Å². The van der Waals surface area contributed by atoms with Gasteiger partial charge in [0.15, 0.2) is 0 Å². The molecule has 0 radical (unpaired) electrons. The zero-order chi connectivity index (χ0) is 16.4. The molecule has 4 nitrogen and oxygen atoms in total. The number of aliphatic hydroxyl groups is 1. The van der Waals surface area contributed by atoms with Gasteiger partial charge in [-0.2, -0.15) is 0 Å². The number of alkyl halides is 1. The molecule has 0 saturated carbocycles.